The molecule has 0 amide bonds. The maximum Gasteiger partial charge on any atom is 0.159 e. The first-order chi connectivity index (χ1) is 18.6. The largest absolute Gasteiger partial charge is 0.367 e. The smallest absolute Gasteiger partial charge is 0.159 e. The lowest BCUT2D eigenvalue weighted by atomic mass is 9.97. The number of piperidine rings is 4. The fourth-order valence-corrected chi connectivity index (χ4v) is 7.15. The Bertz CT molecular complexity index is 984. The summed E-state index contributed by atoms with van der Waals surface area (Å²) in [5.74, 6) is -3.21. The van der Waals surface area contributed by atoms with Crippen LogP contribution in [0.1, 0.15) is 77.0 Å². The van der Waals surface area contributed by atoms with Gasteiger partial charge in [0, 0.05) is 52.4 Å². The number of hydrogen-bond acceptors (Lipinski definition) is 4. The molecule has 0 spiro atoms. The Balaban J connectivity index is 1.65. The second kappa shape index (κ2) is 11.0. The normalized spacial score (nSPS) is 21.5. The van der Waals surface area contributed by atoms with Crippen LogP contribution in [0.5, 0.6) is 0 Å². The van der Waals surface area contributed by atoms with Crippen molar-refractivity contribution in [3.8, 4) is 0 Å². The molecular weight excluding hydrogens is 492 g/mol. The van der Waals surface area contributed by atoms with E-state index in [1.165, 1.54) is 0 Å². The van der Waals surface area contributed by atoms with Gasteiger partial charge in [0.1, 0.15) is 22.7 Å². The number of nitrogens with zero attached hydrogens (tertiary/aromatic N) is 4. The van der Waals surface area contributed by atoms with Gasteiger partial charge in [-0.05, 0) is 77.0 Å². The SMILES string of the molecule is Fc1c(N2CCCCC2)c(N2CCCCC2)c(F)c2c(F)c(N3CCCCC3)c(N3CCCCC3)c(F)c12. The molecule has 0 aliphatic carbocycles. The molecule has 4 aliphatic rings. The minimum Gasteiger partial charge on any atom is -0.367 e. The van der Waals surface area contributed by atoms with E-state index in [1.54, 1.807) is 0 Å². The molecule has 4 nitrogen and oxygen atoms in total. The van der Waals surface area contributed by atoms with Crippen molar-refractivity contribution in [3.63, 3.8) is 0 Å². The summed E-state index contributed by atoms with van der Waals surface area (Å²) in [5.41, 5.74) is 0.519. The summed E-state index contributed by atoms with van der Waals surface area (Å²) in [5, 5.41) is -1.02. The van der Waals surface area contributed by atoms with E-state index in [0.29, 0.717) is 52.4 Å². The lowest BCUT2D eigenvalue weighted by Gasteiger charge is -2.39. The first kappa shape index (κ1) is 25.9. The number of benzene rings is 2. The Kier molecular flexibility index (Phi) is 7.50. The summed E-state index contributed by atoms with van der Waals surface area (Å²) >= 11 is 0. The number of rotatable bonds is 4. The minimum absolute atomic E-state index is 0.130. The van der Waals surface area contributed by atoms with Gasteiger partial charge in [-0.3, -0.25) is 0 Å². The average molecular weight is 533 g/mol. The minimum atomic E-state index is -0.802. The highest BCUT2D eigenvalue weighted by molar-refractivity contribution is 6.01. The lowest BCUT2D eigenvalue weighted by Crippen LogP contribution is -2.37. The zero-order chi connectivity index (χ0) is 26.2. The average Bonchev–Trinajstić information content (AvgIpc) is 2.97. The Hall–Kier alpha value is -2.38. The van der Waals surface area contributed by atoms with Gasteiger partial charge in [0.2, 0.25) is 0 Å². The standard InChI is InChI=1S/C30H40F4N4/c31-23-21-22(24(32)28(36-15-7-2-8-16-36)27(23)35-13-5-1-6-14-35)26(34)30(38-19-11-4-12-20-38)29(25(21)33)37-17-9-3-10-18-37/h1-20H2. The summed E-state index contributed by atoms with van der Waals surface area (Å²) in [6.07, 6.45) is 11.2. The summed E-state index contributed by atoms with van der Waals surface area (Å²) in [6, 6.07) is 0. The molecule has 0 radical (unpaired) electrons. The Morgan fingerprint density at radius 1 is 0.289 bits per heavy atom. The third kappa shape index (κ3) is 4.45. The van der Waals surface area contributed by atoms with Crippen LogP contribution < -0.4 is 19.6 Å². The van der Waals surface area contributed by atoms with E-state index in [1.807, 2.05) is 19.6 Å². The molecule has 4 saturated heterocycles. The summed E-state index contributed by atoms with van der Waals surface area (Å²) in [7, 11) is 0. The van der Waals surface area contributed by atoms with Crippen molar-refractivity contribution < 1.29 is 17.6 Å². The molecule has 0 saturated carbocycles. The molecule has 6 rings (SSSR count). The molecule has 8 heteroatoms. The number of fused-ring (bicyclic) bond motifs is 1. The molecule has 0 N–H and O–H groups in total. The molecular formula is C30H40F4N4. The highest BCUT2D eigenvalue weighted by atomic mass is 19.1. The second-order valence-electron chi connectivity index (χ2n) is 11.6. The quantitative estimate of drug-likeness (QED) is 0.382. The van der Waals surface area contributed by atoms with Crippen molar-refractivity contribution in [2.24, 2.45) is 0 Å². The zero-order valence-corrected chi connectivity index (χ0v) is 22.4. The van der Waals surface area contributed by atoms with Crippen molar-refractivity contribution >= 4 is 33.5 Å². The van der Waals surface area contributed by atoms with E-state index in [-0.39, 0.29) is 22.7 Å². The van der Waals surface area contributed by atoms with Gasteiger partial charge in [0.25, 0.3) is 0 Å². The van der Waals surface area contributed by atoms with E-state index >= 15 is 17.6 Å². The number of halogens is 4. The molecule has 2 aromatic carbocycles. The van der Waals surface area contributed by atoms with Crippen LogP contribution in [0, 0.1) is 23.3 Å². The fourth-order valence-electron chi connectivity index (χ4n) is 7.15. The number of anilines is 4. The molecule has 4 fully saturated rings. The van der Waals surface area contributed by atoms with Crippen molar-refractivity contribution in [1.29, 1.82) is 0 Å². The third-order valence-electron chi connectivity index (χ3n) is 9.10. The molecule has 0 bridgehead atoms. The van der Waals surface area contributed by atoms with Crippen molar-refractivity contribution in [2.75, 3.05) is 72.0 Å². The van der Waals surface area contributed by atoms with Crippen molar-refractivity contribution in [1.82, 2.24) is 0 Å². The predicted octanol–water partition coefficient (Wildman–Crippen LogP) is 7.36. The fraction of sp³-hybridized carbons (Fsp3) is 0.667. The van der Waals surface area contributed by atoms with Gasteiger partial charge in [-0.15, -0.1) is 0 Å². The molecule has 0 unspecified atom stereocenters. The number of hydrogen-bond donors (Lipinski definition) is 0. The van der Waals surface area contributed by atoms with Gasteiger partial charge in [-0.25, -0.2) is 17.6 Å². The highest BCUT2D eigenvalue weighted by Gasteiger charge is 2.37. The molecule has 0 aromatic heterocycles. The van der Waals surface area contributed by atoms with E-state index < -0.39 is 34.0 Å². The van der Waals surface area contributed by atoms with Crippen LogP contribution >= 0.6 is 0 Å². The highest BCUT2D eigenvalue weighted by Crippen LogP contribution is 2.49. The van der Waals surface area contributed by atoms with Crippen molar-refractivity contribution in [3.05, 3.63) is 23.3 Å². The molecule has 2 aromatic rings. The summed E-state index contributed by atoms with van der Waals surface area (Å²) < 4.78 is 66.9. The molecule has 208 valence electrons. The molecule has 0 atom stereocenters. The second-order valence-corrected chi connectivity index (χ2v) is 11.6. The topological polar surface area (TPSA) is 13.0 Å². The van der Waals surface area contributed by atoms with E-state index in [2.05, 4.69) is 0 Å². The van der Waals surface area contributed by atoms with E-state index in [4.69, 9.17) is 0 Å². The van der Waals surface area contributed by atoms with E-state index in [0.717, 1.165) is 77.0 Å². The monoisotopic (exact) mass is 532 g/mol. The van der Waals surface area contributed by atoms with Crippen LogP contribution in [0.3, 0.4) is 0 Å². The summed E-state index contributed by atoms with van der Waals surface area (Å²) in [4.78, 5) is 7.51. The first-order valence-electron chi connectivity index (χ1n) is 14.9. The molecule has 38 heavy (non-hydrogen) atoms. The van der Waals surface area contributed by atoms with Gasteiger partial charge in [-0.1, -0.05) is 0 Å². The lowest BCUT2D eigenvalue weighted by molar-refractivity contribution is 0.523. The van der Waals surface area contributed by atoms with Crippen LogP contribution in [0.15, 0.2) is 0 Å². The van der Waals surface area contributed by atoms with Crippen LogP contribution in [0.25, 0.3) is 10.8 Å². The van der Waals surface area contributed by atoms with Crippen LogP contribution in [0.4, 0.5) is 40.3 Å². The molecule has 4 aliphatic heterocycles. The Labute approximate surface area is 223 Å². The van der Waals surface area contributed by atoms with Gasteiger partial charge >= 0.3 is 0 Å². The predicted molar refractivity (Wildman–Crippen MR) is 148 cm³/mol. The molecule has 4 heterocycles. The third-order valence-corrected chi connectivity index (χ3v) is 9.10. The van der Waals surface area contributed by atoms with Crippen LogP contribution in [0.2, 0.25) is 0 Å². The maximum absolute atomic E-state index is 16.7. The Morgan fingerprint density at radius 3 is 0.658 bits per heavy atom. The van der Waals surface area contributed by atoms with Crippen LogP contribution in [-0.4, -0.2) is 52.4 Å². The van der Waals surface area contributed by atoms with Gasteiger partial charge < -0.3 is 19.6 Å². The first-order valence-corrected chi connectivity index (χ1v) is 14.9. The summed E-state index contributed by atoms with van der Waals surface area (Å²) in [6.45, 7) is 4.76. The van der Waals surface area contributed by atoms with Gasteiger partial charge in [0.15, 0.2) is 23.3 Å². The maximum atomic E-state index is 16.7. The zero-order valence-electron chi connectivity index (χ0n) is 22.4. The van der Waals surface area contributed by atoms with Gasteiger partial charge in [-0.2, -0.15) is 0 Å². The Morgan fingerprint density at radius 2 is 0.474 bits per heavy atom. The van der Waals surface area contributed by atoms with E-state index in [9.17, 15) is 0 Å². The van der Waals surface area contributed by atoms with Gasteiger partial charge in [0.05, 0.1) is 10.8 Å². The van der Waals surface area contributed by atoms with Crippen LogP contribution in [-0.2, 0) is 0 Å². The van der Waals surface area contributed by atoms with Crippen molar-refractivity contribution in [2.45, 2.75) is 77.0 Å².